The summed E-state index contributed by atoms with van der Waals surface area (Å²) < 4.78 is 59.8. The lowest BCUT2D eigenvalue weighted by Crippen LogP contribution is -2.30. The van der Waals surface area contributed by atoms with E-state index in [0.717, 1.165) is 31.6 Å². The number of aryl methyl sites for hydroxylation is 1. The maximum absolute atomic E-state index is 14.4. The topological polar surface area (TPSA) is 57.7 Å². The Bertz CT molecular complexity index is 1220. The monoisotopic (exact) mass is 505 g/mol. The molecule has 4 rings (SSSR count). The Morgan fingerprint density at radius 2 is 1.94 bits per heavy atom. The number of ether oxygens (including phenoxy) is 3. The zero-order valence-electron chi connectivity index (χ0n) is 19.9. The van der Waals surface area contributed by atoms with Crippen molar-refractivity contribution in [2.24, 2.45) is 0 Å². The molecule has 1 atom stereocenters. The van der Waals surface area contributed by atoms with Crippen molar-refractivity contribution in [2.45, 2.75) is 51.5 Å². The van der Waals surface area contributed by atoms with Gasteiger partial charge in [-0.05, 0) is 68.5 Å². The fourth-order valence-corrected chi connectivity index (χ4v) is 4.86. The zero-order valence-corrected chi connectivity index (χ0v) is 20.7. The van der Waals surface area contributed by atoms with Crippen LogP contribution in [0, 0.1) is 0 Å². The molecule has 0 N–H and O–H groups in total. The molecule has 0 radical (unpaired) electrons. The largest absolute Gasteiger partial charge is 0.493 e. The van der Waals surface area contributed by atoms with Gasteiger partial charge < -0.3 is 14.2 Å². The molecule has 186 valence electrons. The smallest absolute Gasteiger partial charge is 0.416 e. The summed E-state index contributed by atoms with van der Waals surface area (Å²) in [6, 6.07) is 7.69. The van der Waals surface area contributed by atoms with E-state index in [1.54, 1.807) is 44.5 Å². The van der Waals surface area contributed by atoms with Crippen LogP contribution in [0.2, 0.25) is 0 Å². The van der Waals surface area contributed by atoms with Crippen LogP contribution in [0.3, 0.4) is 0 Å². The van der Waals surface area contributed by atoms with Crippen molar-refractivity contribution < 1.29 is 32.2 Å². The van der Waals surface area contributed by atoms with Gasteiger partial charge in [0, 0.05) is 22.7 Å². The number of nitrogens with zero attached hydrogens (tertiary/aromatic N) is 1. The van der Waals surface area contributed by atoms with E-state index in [0.29, 0.717) is 28.5 Å². The lowest BCUT2D eigenvalue weighted by atomic mass is 9.86. The van der Waals surface area contributed by atoms with Gasteiger partial charge in [0.05, 0.1) is 24.9 Å². The molecule has 1 unspecified atom stereocenters. The molecule has 0 spiro atoms. The number of alkyl halides is 3. The molecule has 2 heterocycles. The molecule has 9 heteroatoms. The van der Waals surface area contributed by atoms with Crippen molar-refractivity contribution in [1.82, 2.24) is 4.98 Å². The molecule has 0 bridgehead atoms. The number of carbonyl (C=O) groups excluding carboxylic acids is 1. The van der Waals surface area contributed by atoms with Crippen LogP contribution >= 0.6 is 11.3 Å². The standard InChI is InChI=1S/C26H26F3NO4S/c1-25(2,3)34-22(24(31)32-4)21-18(26(27,28)29)9-8-17(23-30-11-13-35-23)20(21)16-7-10-19-15(14-16)6-5-12-33-19/h7-11,13-14,22H,5-6,12H2,1-4H3. The molecule has 5 nitrogen and oxygen atoms in total. The number of methoxy groups -OCH3 is 1. The summed E-state index contributed by atoms with van der Waals surface area (Å²) in [6.45, 7) is 5.62. The van der Waals surface area contributed by atoms with Crippen molar-refractivity contribution in [3.05, 3.63) is 58.6 Å². The number of hydrogen-bond donors (Lipinski definition) is 0. The third-order valence-corrected chi connectivity index (χ3v) is 6.37. The average Bonchev–Trinajstić information content (AvgIpc) is 3.34. The van der Waals surface area contributed by atoms with Gasteiger partial charge in [-0.1, -0.05) is 12.1 Å². The molecule has 3 aromatic rings. The van der Waals surface area contributed by atoms with Gasteiger partial charge in [-0.15, -0.1) is 11.3 Å². The van der Waals surface area contributed by atoms with Crippen LogP contribution in [0.15, 0.2) is 41.9 Å². The average molecular weight is 506 g/mol. The SMILES string of the molecule is COC(=O)C(OC(C)(C)C)c1c(C(F)(F)F)ccc(-c2nccs2)c1-c1ccc2c(c1)CCCO2. The van der Waals surface area contributed by atoms with Crippen LogP contribution in [-0.2, 0) is 26.9 Å². The highest BCUT2D eigenvalue weighted by Gasteiger charge is 2.42. The van der Waals surface area contributed by atoms with Gasteiger partial charge in [0.2, 0.25) is 0 Å². The fourth-order valence-electron chi connectivity index (χ4n) is 4.19. The molecule has 35 heavy (non-hydrogen) atoms. The van der Waals surface area contributed by atoms with E-state index in [9.17, 15) is 18.0 Å². The summed E-state index contributed by atoms with van der Waals surface area (Å²) in [5.74, 6) is -0.205. The van der Waals surface area contributed by atoms with Gasteiger partial charge in [-0.2, -0.15) is 13.2 Å². The molecular formula is C26H26F3NO4S. The number of benzene rings is 2. The van der Waals surface area contributed by atoms with Gasteiger partial charge in [-0.3, -0.25) is 0 Å². The molecule has 0 amide bonds. The first-order valence-electron chi connectivity index (χ1n) is 11.2. The first kappa shape index (κ1) is 25.2. The Morgan fingerprint density at radius 3 is 2.57 bits per heavy atom. The molecule has 0 fully saturated rings. The minimum Gasteiger partial charge on any atom is -0.493 e. The first-order valence-corrected chi connectivity index (χ1v) is 12.0. The maximum atomic E-state index is 14.4. The number of hydrogen-bond acceptors (Lipinski definition) is 6. The van der Waals surface area contributed by atoms with E-state index in [2.05, 4.69) is 4.98 Å². The van der Waals surface area contributed by atoms with Crippen molar-refractivity contribution in [3.8, 4) is 27.4 Å². The Morgan fingerprint density at radius 1 is 1.17 bits per heavy atom. The van der Waals surface area contributed by atoms with Crippen LogP contribution in [0.1, 0.15) is 50.0 Å². The molecular weight excluding hydrogens is 479 g/mol. The zero-order chi connectivity index (χ0) is 25.4. The van der Waals surface area contributed by atoms with Crippen molar-refractivity contribution in [1.29, 1.82) is 0 Å². The molecule has 2 aromatic carbocycles. The molecule has 0 aliphatic carbocycles. The second-order valence-electron chi connectivity index (χ2n) is 9.19. The van der Waals surface area contributed by atoms with Crippen LogP contribution in [0.5, 0.6) is 5.75 Å². The van der Waals surface area contributed by atoms with Crippen molar-refractivity contribution in [2.75, 3.05) is 13.7 Å². The minimum atomic E-state index is -4.74. The number of halogens is 3. The molecule has 1 aliphatic rings. The van der Waals surface area contributed by atoms with Crippen molar-refractivity contribution in [3.63, 3.8) is 0 Å². The summed E-state index contributed by atoms with van der Waals surface area (Å²) in [4.78, 5) is 17.3. The minimum absolute atomic E-state index is 0.239. The molecule has 0 saturated carbocycles. The number of carbonyl (C=O) groups is 1. The Hall–Kier alpha value is -2.91. The quantitative estimate of drug-likeness (QED) is 0.355. The van der Waals surface area contributed by atoms with Crippen LogP contribution < -0.4 is 4.74 Å². The van der Waals surface area contributed by atoms with Gasteiger partial charge in [-0.25, -0.2) is 9.78 Å². The van der Waals surface area contributed by atoms with Gasteiger partial charge in [0.25, 0.3) is 0 Å². The fraction of sp³-hybridized carbons (Fsp3) is 0.385. The Balaban J connectivity index is 2.09. The van der Waals surface area contributed by atoms with Crippen LogP contribution in [0.25, 0.3) is 21.7 Å². The van der Waals surface area contributed by atoms with Gasteiger partial charge in [0.15, 0.2) is 6.10 Å². The number of thiazole rings is 1. The third kappa shape index (κ3) is 5.36. The highest BCUT2D eigenvalue weighted by atomic mass is 32.1. The number of aromatic nitrogens is 1. The highest BCUT2D eigenvalue weighted by molar-refractivity contribution is 7.13. The van der Waals surface area contributed by atoms with E-state index in [4.69, 9.17) is 14.2 Å². The lowest BCUT2D eigenvalue weighted by Gasteiger charge is -2.30. The van der Waals surface area contributed by atoms with Crippen molar-refractivity contribution >= 4 is 17.3 Å². The summed E-state index contributed by atoms with van der Waals surface area (Å²) in [6.07, 6.45) is -3.22. The van der Waals surface area contributed by atoms with Crippen LogP contribution in [-0.4, -0.2) is 30.3 Å². The molecule has 1 aliphatic heterocycles. The second kappa shape index (κ2) is 9.62. The Kier molecular flexibility index (Phi) is 6.92. The Labute approximate surface area is 205 Å². The number of esters is 1. The normalized spacial score (nSPS) is 14.7. The molecule has 0 saturated heterocycles. The molecule has 1 aromatic heterocycles. The maximum Gasteiger partial charge on any atom is 0.416 e. The third-order valence-electron chi connectivity index (χ3n) is 5.56. The van der Waals surface area contributed by atoms with E-state index in [-0.39, 0.29) is 11.1 Å². The van der Waals surface area contributed by atoms with E-state index >= 15 is 0 Å². The van der Waals surface area contributed by atoms with E-state index in [1.807, 2.05) is 6.07 Å². The first-order chi connectivity index (χ1) is 16.5. The highest BCUT2D eigenvalue weighted by Crippen LogP contribution is 2.47. The van der Waals surface area contributed by atoms with Gasteiger partial charge >= 0.3 is 12.1 Å². The summed E-state index contributed by atoms with van der Waals surface area (Å²) >= 11 is 1.30. The predicted molar refractivity (Wildman–Crippen MR) is 127 cm³/mol. The number of fused-ring (bicyclic) bond motifs is 1. The summed E-state index contributed by atoms with van der Waals surface area (Å²) in [5.41, 5.74) is -0.0423. The van der Waals surface area contributed by atoms with E-state index in [1.165, 1.54) is 17.4 Å². The lowest BCUT2D eigenvalue weighted by molar-refractivity contribution is -0.166. The predicted octanol–water partition coefficient (Wildman–Crippen LogP) is 6.85. The van der Waals surface area contributed by atoms with E-state index < -0.39 is 29.4 Å². The summed E-state index contributed by atoms with van der Waals surface area (Å²) in [5, 5.41) is 2.28. The second-order valence-corrected chi connectivity index (χ2v) is 10.1. The summed E-state index contributed by atoms with van der Waals surface area (Å²) in [7, 11) is 1.13. The van der Waals surface area contributed by atoms with Gasteiger partial charge in [0.1, 0.15) is 10.8 Å². The number of rotatable bonds is 5. The van der Waals surface area contributed by atoms with Crippen LogP contribution in [0.4, 0.5) is 13.2 Å².